The second kappa shape index (κ2) is 6.65. The highest BCUT2D eigenvalue weighted by atomic mass is 16.5. The Labute approximate surface area is 99.9 Å². The fraction of sp³-hybridized carbons (Fsp3) is 0.333. The molecule has 0 unspecified atom stereocenters. The molecule has 0 heterocycles. The summed E-state index contributed by atoms with van der Waals surface area (Å²) in [4.78, 5) is 21.8. The summed E-state index contributed by atoms with van der Waals surface area (Å²) in [6, 6.07) is 8.76. The predicted octanol–water partition coefficient (Wildman–Crippen LogP) is 0.193. The number of hydrogen-bond acceptors (Lipinski definition) is 3. The van der Waals surface area contributed by atoms with Crippen molar-refractivity contribution in [3.8, 4) is 0 Å². The molecule has 2 amide bonds. The summed E-state index contributed by atoms with van der Waals surface area (Å²) >= 11 is 0. The number of ether oxygens (including phenoxy) is 1. The zero-order chi connectivity index (χ0) is 12.7. The molecule has 0 aliphatic heterocycles. The highest BCUT2D eigenvalue weighted by Gasteiger charge is 2.16. The van der Waals surface area contributed by atoms with E-state index in [0.29, 0.717) is 6.61 Å². The van der Waals surface area contributed by atoms with E-state index in [9.17, 15) is 9.59 Å². The summed E-state index contributed by atoms with van der Waals surface area (Å²) < 4.78 is 5.33. The van der Waals surface area contributed by atoms with E-state index in [1.807, 2.05) is 30.3 Å². The van der Waals surface area contributed by atoms with Gasteiger partial charge in [-0.25, -0.2) is 0 Å². The van der Waals surface area contributed by atoms with Crippen LogP contribution in [0.2, 0.25) is 0 Å². The number of benzene rings is 1. The van der Waals surface area contributed by atoms with Gasteiger partial charge in [0.25, 0.3) is 0 Å². The molecule has 1 aromatic carbocycles. The Morgan fingerprint density at radius 2 is 2.00 bits per heavy atom. The van der Waals surface area contributed by atoms with Gasteiger partial charge in [-0.1, -0.05) is 30.3 Å². The first-order chi connectivity index (χ1) is 8.09. The number of primary amides is 1. The zero-order valence-electron chi connectivity index (χ0n) is 9.68. The number of nitrogens with two attached hydrogens (primary N) is 1. The number of carbonyl (C=O) groups excluding carboxylic acids is 2. The van der Waals surface area contributed by atoms with Gasteiger partial charge in [-0.05, 0) is 5.56 Å². The van der Waals surface area contributed by atoms with Crippen LogP contribution in [0.25, 0.3) is 0 Å². The molecular formula is C12H16N2O3. The molecule has 0 radical (unpaired) electrons. The van der Waals surface area contributed by atoms with Crippen LogP contribution >= 0.6 is 0 Å². The first-order valence-corrected chi connectivity index (χ1v) is 5.27. The number of amides is 2. The Kier molecular flexibility index (Phi) is 5.16. The predicted molar refractivity (Wildman–Crippen MR) is 62.9 cm³/mol. The van der Waals surface area contributed by atoms with Gasteiger partial charge in [0.05, 0.1) is 13.2 Å². The van der Waals surface area contributed by atoms with Crippen molar-refractivity contribution in [1.29, 1.82) is 0 Å². The second-order valence-electron chi connectivity index (χ2n) is 3.66. The van der Waals surface area contributed by atoms with Crippen molar-refractivity contribution >= 4 is 11.8 Å². The zero-order valence-corrected chi connectivity index (χ0v) is 9.68. The average Bonchev–Trinajstić information content (AvgIpc) is 2.28. The van der Waals surface area contributed by atoms with Gasteiger partial charge in [-0.15, -0.1) is 0 Å². The molecule has 0 bridgehead atoms. The fourth-order valence-electron chi connectivity index (χ4n) is 1.31. The Morgan fingerprint density at radius 3 is 2.53 bits per heavy atom. The first kappa shape index (κ1) is 13.2. The maximum Gasteiger partial charge on any atom is 0.242 e. The van der Waals surface area contributed by atoms with Crippen LogP contribution in [-0.2, 0) is 20.9 Å². The van der Waals surface area contributed by atoms with Crippen LogP contribution in [0.15, 0.2) is 30.3 Å². The van der Waals surface area contributed by atoms with Gasteiger partial charge in [0, 0.05) is 6.92 Å². The van der Waals surface area contributed by atoms with Crippen LogP contribution in [-0.4, -0.2) is 24.5 Å². The molecule has 0 saturated heterocycles. The number of rotatable bonds is 6. The van der Waals surface area contributed by atoms with Gasteiger partial charge in [-0.3, -0.25) is 9.59 Å². The molecule has 92 valence electrons. The molecule has 17 heavy (non-hydrogen) atoms. The number of hydrogen-bond donors (Lipinski definition) is 2. The normalized spacial score (nSPS) is 11.8. The number of carbonyl (C=O) groups is 2. The topological polar surface area (TPSA) is 81.4 Å². The van der Waals surface area contributed by atoms with E-state index in [1.165, 1.54) is 6.92 Å². The summed E-state index contributed by atoms with van der Waals surface area (Å²) in [7, 11) is 0. The van der Waals surface area contributed by atoms with E-state index in [2.05, 4.69) is 5.32 Å². The lowest BCUT2D eigenvalue weighted by Crippen LogP contribution is -2.46. The smallest absolute Gasteiger partial charge is 0.242 e. The summed E-state index contributed by atoms with van der Waals surface area (Å²) in [6.07, 6.45) is 0. The van der Waals surface area contributed by atoms with Gasteiger partial charge in [0.15, 0.2) is 0 Å². The molecule has 0 aliphatic carbocycles. The van der Waals surface area contributed by atoms with Crippen molar-refractivity contribution in [2.45, 2.75) is 19.6 Å². The Morgan fingerprint density at radius 1 is 1.35 bits per heavy atom. The van der Waals surface area contributed by atoms with Gasteiger partial charge >= 0.3 is 0 Å². The van der Waals surface area contributed by atoms with Crippen molar-refractivity contribution in [1.82, 2.24) is 5.32 Å². The molecule has 1 aromatic rings. The Bertz CT molecular complexity index is 379. The maximum atomic E-state index is 11.0. The van der Waals surface area contributed by atoms with Gasteiger partial charge in [0.2, 0.25) is 11.8 Å². The van der Waals surface area contributed by atoms with Crippen LogP contribution in [0.5, 0.6) is 0 Å². The van der Waals surface area contributed by atoms with E-state index < -0.39 is 11.9 Å². The minimum absolute atomic E-state index is 0.0732. The van der Waals surface area contributed by atoms with Crippen molar-refractivity contribution in [3.05, 3.63) is 35.9 Å². The highest BCUT2D eigenvalue weighted by Crippen LogP contribution is 2.00. The minimum Gasteiger partial charge on any atom is -0.374 e. The monoisotopic (exact) mass is 236 g/mol. The van der Waals surface area contributed by atoms with Gasteiger partial charge < -0.3 is 15.8 Å². The van der Waals surface area contributed by atoms with Crippen LogP contribution in [0.3, 0.4) is 0 Å². The lowest BCUT2D eigenvalue weighted by molar-refractivity contribution is -0.127. The molecule has 5 nitrogen and oxygen atoms in total. The maximum absolute atomic E-state index is 11.0. The van der Waals surface area contributed by atoms with Crippen molar-refractivity contribution in [2.75, 3.05) is 6.61 Å². The molecule has 1 rings (SSSR count). The summed E-state index contributed by atoms with van der Waals surface area (Å²) in [5, 5.41) is 2.43. The quantitative estimate of drug-likeness (QED) is 0.740. The lowest BCUT2D eigenvalue weighted by Gasteiger charge is -2.14. The first-order valence-electron chi connectivity index (χ1n) is 5.27. The molecule has 1 atom stereocenters. The van der Waals surface area contributed by atoms with E-state index in [4.69, 9.17) is 10.5 Å². The standard InChI is InChI=1S/C12H16N2O3/c1-9(15)14-11(12(13)16)8-17-7-10-5-3-2-4-6-10/h2-6,11H,7-8H2,1H3,(H2,13,16)(H,14,15)/t11-/m0/s1. The molecule has 0 aliphatic rings. The average molecular weight is 236 g/mol. The summed E-state index contributed by atoms with van der Waals surface area (Å²) in [5.74, 6) is -0.912. The third kappa shape index (κ3) is 5.12. The van der Waals surface area contributed by atoms with Crippen LogP contribution in [0.1, 0.15) is 12.5 Å². The van der Waals surface area contributed by atoms with Crippen LogP contribution in [0.4, 0.5) is 0 Å². The SMILES string of the molecule is CC(=O)N[C@@H](COCc1ccccc1)C(N)=O. The Balaban J connectivity index is 2.37. The van der Waals surface area contributed by atoms with Crippen molar-refractivity contribution in [2.24, 2.45) is 5.73 Å². The summed E-state index contributed by atoms with van der Waals surface area (Å²) in [5.41, 5.74) is 6.13. The van der Waals surface area contributed by atoms with Gasteiger partial charge in [-0.2, -0.15) is 0 Å². The molecule has 0 saturated carbocycles. The molecule has 0 fully saturated rings. The summed E-state index contributed by atoms with van der Waals surface area (Å²) in [6.45, 7) is 1.78. The second-order valence-corrected chi connectivity index (χ2v) is 3.66. The largest absolute Gasteiger partial charge is 0.374 e. The minimum atomic E-state index is -0.781. The van der Waals surface area contributed by atoms with Crippen LogP contribution < -0.4 is 11.1 Å². The van der Waals surface area contributed by atoms with E-state index in [1.54, 1.807) is 0 Å². The molecule has 3 N–H and O–H groups in total. The Hall–Kier alpha value is -1.88. The molecule has 5 heteroatoms. The highest BCUT2D eigenvalue weighted by molar-refractivity contribution is 5.85. The van der Waals surface area contributed by atoms with Crippen LogP contribution in [0, 0.1) is 0 Å². The van der Waals surface area contributed by atoms with Gasteiger partial charge in [0.1, 0.15) is 6.04 Å². The molecule has 0 aromatic heterocycles. The third-order valence-corrected chi connectivity index (χ3v) is 2.12. The fourth-order valence-corrected chi connectivity index (χ4v) is 1.31. The number of nitrogens with one attached hydrogen (secondary N) is 1. The van der Waals surface area contributed by atoms with E-state index >= 15 is 0 Å². The molecule has 0 spiro atoms. The lowest BCUT2D eigenvalue weighted by atomic mass is 10.2. The third-order valence-electron chi connectivity index (χ3n) is 2.12. The van der Waals surface area contributed by atoms with E-state index in [-0.39, 0.29) is 12.5 Å². The van der Waals surface area contributed by atoms with Crippen molar-refractivity contribution < 1.29 is 14.3 Å². The molecular weight excluding hydrogens is 220 g/mol. The van der Waals surface area contributed by atoms with E-state index in [0.717, 1.165) is 5.56 Å². The van der Waals surface area contributed by atoms with Crippen molar-refractivity contribution in [3.63, 3.8) is 0 Å².